The van der Waals surface area contributed by atoms with Crippen LogP contribution in [0.4, 0.5) is 13.2 Å². The third-order valence-electron chi connectivity index (χ3n) is 1.59. The van der Waals surface area contributed by atoms with Gasteiger partial charge in [0.2, 0.25) is 0 Å². The van der Waals surface area contributed by atoms with E-state index in [4.69, 9.17) is 5.21 Å². The summed E-state index contributed by atoms with van der Waals surface area (Å²) in [5, 5.41) is 11.0. The molecule has 1 heterocycles. The third-order valence-corrected chi connectivity index (χ3v) is 4.20. The minimum Gasteiger partial charge on any atom is -0.411 e. The molecule has 17 heavy (non-hydrogen) atoms. The maximum Gasteiger partial charge on any atom is 0.301 e. The fourth-order valence-electron chi connectivity index (χ4n) is 0.856. The van der Waals surface area contributed by atoms with Crippen LogP contribution in [0.25, 0.3) is 0 Å². The molecule has 0 saturated heterocycles. The van der Waals surface area contributed by atoms with Crippen molar-refractivity contribution in [1.29, 1.82) is 0 Å². The van der Waals surface area contributed by atoms with Gasteiger partial charge in [-0.1, -0.05) is 5.16 Å². The number of halogens is 3. The summed E-state index contributed by atoms with van der Waals surface area (Å²) in [5.74, 6) is -1.83. The smallest absolute Gasteiger partial charge is 0.301 e. The molecule has 1 rings (SSSR count). The third kappa shape index (κ3) is 4.27. The Kier molecular flexibility index (Phi) is 5.29. The Labute approximate surface area is 101 Å². The average molecular weight is 284 g/mol. The Morgan fingerprint density at radius 1 is 1.59 bits per heavy atom. The fraction of sp³-hybridized carbons (Fsp3) is 0.250. The van der Waals surface area contributed by atoms with Gasteiger partial charge in [0.1, 0.15) is 0 Å². The molecule has 1 aromatic heterocycles. The first-order chi connectivity index (χ1) is 8.04. The largest absolute Gasteiger partial charge is 0.411 e. The molecule has 0 amide bonds. The second-order valence-corrected chi connectivity index (χ2v) is 5.54. The molecular formula is C8H7F3N2O2S2. The molecule has 0 aliphatic heterocycles. The van der Waals surface area contributed by atoms with Crippen LogP contribution in [-0.4, -0.2) is 26.4 Å². The summed E-state index contributed by atoms with van der Waals surface area (Å²) in [6.45, 7) is 0. The molecule has 1 unspecified atom stereocenters. The van der Waals surface area contributed by atoms with Crippen molar-refractivity contribution < 1.29 is 22.6 Å². The number of nitrogens with zero attached hydrogens (tertiary/aromatic N) is 2. The van der Waals surface area contributed by atoms with E-state index in [0.717, 1.165) is 17.6 Å². The Morgan fingerprint density at radius 3 is 2.88 bits per heavy atom. The lowest BCUT2D eigenvalue weighted by Crippen LogP contribution is -1.98. The maximum absolute atomic E-state index is 12.5. The minimum absolute atomic E-state index is 0.173. The van der Waals surface area contributed by atoms with Crippen molar-refractivity contribution in [3.05, 3.63) is 23.0 Å². The van der Waals surface area contributed by atoms with Crippen LogP contribution in [0, 0.1) is 0 Å². The van der Waals surface area contributed by atoms with Gasteiger partial charge in [0.05, 0.1) is 21.9 Å². The molecule has 0 aliphatic carbocycles. The molecule has 1 atom stereocenters. The predicted molar refractivity (Wildman–Crippen MR) is 57.7 cm³/mol. The van der Waals surface area contributed by atoms with Gasteiger partial charge in [0.25, 0.3) is 0 Å². The Balaban J connectivity index is 2.61. The summed E-state index contributed by atoms with van der Waals surface area (Å²) in [6, 6.07) is 0. The van der Waals surface area contributed by atoms with Crippen molar-refractivity contribution in [3.8, 4) is 0 Å². The molecule has 1 N–H and O–H groups in total. The molecule has 0 aromatic carbocycles. The van der Waals surface area contributed by atoms with Crippen LogP contribution in [-0.2, 0) is 10.8 Å². The second-order valence-electron chi connectivity index (χ2n) is 2.74. The number of oxime groups is 1. The summed E-state index contributed by atoms with van der Waals surface area (Å²) in [5.41, 5.74) is 0. The van der Waals surface area contributed by atoms with Gasteiger partial charge in [0, 0.05) is 18.4 Å². The molecule has 0 bridgehead atoms. The van der Waals surface area contributed by atoms with Crippen molar-refractivity contribution in [1.82, 2.24) is 4.98 Å². The Morgan fingerprint density at radius 2 is 2.29 bits per heavy atom. The fourth-order valence-corrected chi connectivity index (χ4v) is 2.99. The van der Waals surface area contributed by atoms with Gasteiger partial charge in [-0.3, -0.25) is 4.21 Å². The van der Waals surface area contributed by atoms with Crippen LogP contribution >= 0.6 is 11.3 Å². The topological polar surface area (TPSA) is 62.5 Å². The van der Waals surface area contributed by atoms with Crippen molar-refractivity contribution >= 4 is 28.4 Å². The summed E-state index contributed by atoms with van der Waals surface area (Å²) < 4.78 is 47.6. The van der Waals surface area contributed by atoms with Crippen LogP contribution < -0.4 is 0 Å². The monoisotopic (exact) mass is 284 g/mol. The van der Waals surface area contributed by atoms with Crippen LogP contribution in [0.15, 0.2) is 27.6 Å². The number of hydrogen-bond donors (Lipinski definition) is 1. The zero-order valence-electron chi connectivity index (χ0n) is 8.27. The number of hydrogen-bond acceptors (Lipinski definition) is 5. The molecule has 0 aliphatic rings. The summed E-state index contributed by atoms with van der Waals surface area (Å²) >= 11 is 0.979. The molecule has 0 spiro atoms. The summed E-state index contributed by atoms with van der Waals surface area (Å²) in [6.07, 6.45) is -0.577. The number of allylic oxidation sites excluding steroid dienone is 1. The van der Waals surface area contributed by atoms with E-state index in [2.05, 4.69) is 10.1 Å². The van der Waals surface area contributed by atoms with E-state index in [1.54, 1.807) is 0 Å². The van der Waals surface area contributed by atoms with Crippen molar-refractivity contribution in [3.63, 3.8) is 0 Å². The standard InChI is InChI=1S/C8H7F3N2O2S2/c9-6(7(10)11)1-2-17(15)8-12-3-5(16-8)4-13-14/h3-4,14H,1-2H2. The highest BCUT2D eigenvalue weighted by molar-refractivity contribution is 7.87. The SMILES string of the molecule is O=S(CCC(F)=C(F)F)c1ncc(C=NO)s1. The minimum atomic E-state index is -2.39. The summed E-state index contributed by atoms with van der Waals surface area (Å²) in [7, 11) is -1.65. The zero-order chi connectivity index (χ0) is 12.8. The van der Waals surface area contributed by atoms with Gasteiger partial charge in [-0.25, -0.2) is 9.37 Å². The van der Waals surface area contributed by atoms with Crippen LogP contribution in [0.3, 0.4) is 0 Å². The lowest BCUT2D eigenvalue weighted by Gasteiger charge is -1.95. The van der Waals surface area contributed by atoms with Gasteiger partial charge in [-0.2, -0.15) is 8.78 Å². The van der Waals surface area contributed by atoms with E-state index >= 15 is 0 Å². The lowest BCUT2D eigenvalue weighted by atomic mass is 10.4. The van der Waals surface area contributed by atoms with Crippen molar-refractivity contribution in [2.45, 2.75) is 10.8 Å². The van der Waals surface area contributed by atoms with E-state index in [1.807, 2.05) is 0 Å². The normalized spacial score (nSPS) is 12.9. The van der Waals surface area contributed by atoms with Crippen molar-refractivity contribution in [2.75, 3.05) is 5.75 Å². The van der Waals surface area contributed by atoms with Crippen LogP contribution in [0.2, 0.25) is 0 Å². The Bertz CT molecular complexity index is 469. The number of thiazole rings is 1. The first-order valence-electron chi connectivity index (χ1n) is 4.26. The molecule has 0 fully saturated rings. The number of aromatic nitrogens is 1. The lowest BCUT2D eigenvalue weighted by molar-refractivity contribution is 0.322. The van der Waals surface area contributed by atoms with E-state index in [-0.39, 0.29) is 10.1 Å². The van der Waals surface area contributed by atoms with Gasteiger partial charge in [0.15, 0.2) is 10.2 Å². The van der Waals surface area contributed by atoms with Crippen LogP contribution in [0.1, 0.15) is 11.3 Å². The van der Waals surface area contributed by atoms with Crippen LogP contribution in [0.5, 0.6) is 0 Å². The quantitative estimate of drug-likeness (QED) is 0.513. The average Bonchev–Trinajstić information content (AvgIpc) is 2.74. The van der Waals surface area contributed by atoms with E-state index in [0.29, 0.717) is 4.88 Å². The molecule has 0 radical (unpaired) electrons. The van der Waals surface area contributed by atoms with Crippen molar-refractivity contribution in [2.24, 2.45) is 5.16 Å². The molecule has 0 saturated carbocycles. The summed E-state index contributed by atoms with van der Waals surface area (Å²) in [4.78, 5) is 4.21. The van der Waals surface area contributed by atoms with E-state index in [9.17, 15) is 17.4 Å². The molecule has 94 valence electrons. The molecule has 9 heteroatoms. The van der Waals surface area contributed by atoms with Gasteiger partial charge >= 0.3 is 6.08 Å². The molecular weight excluding hydrogens is 277 g/mol. The van der Waals surface area contributed by atoms with Gasteiger partial charge < -0.3 is 5.21 Å². The predicted octanol–water partition coefficient (Wildman–Crippen LogP) is 2.53. The van der Waals surface area contributed by atoms with E-state index < -0.39 is 29.1 Å². The highest BCUT2D eigenvalue weighted by atomic mass is 32.2. The van der Waals surface area contributed by atoms with Gasteiger partial charge in [-0.05, 0) is 0 Å². The first-order valence-corrected chi connectivity index (χ1v) is 6.39. The zero-order valence-corrected chi connectivity index (χ0v) is 9.90. The van der Waals surface area contributed by atoms with E-state index in [1.165, 1.54) is 6.20 Å². The second kappa shape index (κ2) is 6.50. The highest BCUT2D eigenvalue weighted by Crippen LogP contribution is 2.19. The first kappa shape index (κ1) is 13.8. The van der Waals surface area contributed by atoms with Gasteiger partial charge in [-0.15, -0.1) is 11.3 Å². The molecule has 4 nitrogen and oxygen atoms in total. The Hall–Kier alpha value is -1.22. The maximum atomic E-state index is 12.5. The number of rotatable bonds is 5. The highest BCUT2D eigenvalue weighted by Gasteiger charge is 2.12. The molecule has 1 aromatic rings.